The second kappa shape index (κ2) is 4.57. The van der Waals surface area contributed by atoms with Crippen LogP contribution in [0.15, 0.2) is 0 Å². The molecule has 1 N–H and O–H groups in total. The number of carbonyl (C=O) groups is 1. The zero-order valence-electron chi connectivity index (χ0n) is 7.62. The van der Waals surface area contributed by atoms with Gasteiger partial charge in [-0.15, -0.1) is 0 Å². The van der Waals surface area contributed by atoms with Crippen molar-refractivity contribution in [2.75, 3.05) is 19.1 Å². The molecule has 0 rings (SSSR count). The molecular weight excluding hydrogens is 178 g/mol. The first kappa shape index (κ1) is 11.6. The van der Waals surface area contributed by atoms with Crippen LogP contribution < -0.4 is 5.32 Å². The van der Waals surface area contributed by atoms with Gasteiger partial charge in [0.05, 0.1) is 11.8 Å². The highest BCUT2D eigenvalue weighted by atomic mass is 32.2. The number of nitrogens with one attached hydrogen (secondary N) is 1. The van der Waals surface area contributed by atoms with Crippen LogP contribution >= 0.6 is 0 Å². The Bertz CT molecular complexity index is 245. The van der Waals surface area contributed by atoms with E-state index in [0.29, 0.717) is 6.42 Å². The predicted octanol–water partition coefficient (Wildman–Crippen LogP) is -0.402. The van der Waals surface area contributed by atoms with Crippen LogP contribution in [0, 0.1) is 0 Å². The topological polar surface area (TPSA) is 63.2 Å². The van der Waals surface area contributed by atoms with E-state index in [0.717, 1.165) is 0 Å². The standard InChI is InChI=1S/C7H15NO3S/c1-6(9)7(8-2)4-5-12(3,10)11/h7-8H,4-5H2,1-3H3/t7-/m0/s1. The molecule has 0 radical (unpaired) electrons. The van der Waals surface area contributed by atoms with Crippen molar-refractivity contribution in [1.29, 1.82) is 0 Å². The van der Waals surface area contributed by atoms with E-state index in [1.807, 2.05) is 0 Å². The zero-order valence-corrected chi connectivity index (χ0v) is 8.44. The van der Waals surface area contributed by atoms with Gasteiger partial charge >= 0.3 is 0 Å². The molecule has 0 spiro atoms. The Morgan fingerprint density at radius 2 is 2.00 bits per heavy atom. The van der Waals surface area contributed by atoms with Gasteiger partial charge in [-0.3, -0.25) is 4.79 Å². The second-order valence-electron chi connectivity index (χ2n) is 2.87. The molecule has 0 aliphatic heterocycles. The lowest BCUT2D eigenvalue weighted by atomic mass is 10.1. The Hall–Kier alpha value is -0.420. The minimum atomic E-state index is -2.96. The lowest BCUT2D eigenvalue weighted by Gasteiger charge is -2.10. The van der Waals surface area contributed by atoms with Crippen molar-refractivity contribution in [3.8, 4) is 0 Å². The fourth-order valence-electron chi connectivity index (χ4n) is 0.883. The van der Waals surface area contributed by atoms with E-state index in [2.05, 4.69) is 5.32 Å². The Balaban J connectivity index is 3.98. The third-order valence-electron chi connectivity index (χ3n) is 1.62. The summed E-state index contributed by atoms with van der Waals surface area (Å²) in [6, 6.07) is -0.334. The number of rotatable bonds is 5. The van der Waals surface area contributed by atoms with E-state index in [-0.39, 0.29) is 17.6 Å². The zero-order chi connectivity index (χ0) is 9.78. The summed E-state index contributed by atoms with van der Waals surface area (Å²) in [5.74, 6) is 0.0269. The minimum absolute atomic E-state index is 0.0267. The van der Waals surface area contributed by atoms with E-state index in [1.165, 1.54) is 13.2 Å². The van der Waals surface area contributed by atoms with Gasteiger partial charge in [0.15, 0.2) is 0 Å². The molecule has 0 aromatic rings. The molecule has 0 aromatic carbocycles. The molecule has 0 bridgehead atoms. The number of hydrogen-bond acceptors (Lipinski definition) is 4. The third kappa shape index (κ3) is 5.26. The van der Waals surface area contributed by atoms with Crippen LogP contribution in [-0.4, -0.2) is 39.3 Å². The maximum atomic E-state index is 10.8. The van der Waals surface area contributed by atoms with Gasteiger partial charge in [0.1, 0.15) is 15.6 Å². The van der Waals surface area contributed by atoms with Crippen molar-refractivity contribution in [2.45, 2.75) is 19.4 Å². The molecular formula is C7H15NO3S. The van der Waals surface area contributed by atoms with Gasteiger partial charge in [0.2, 0.25) is 0 Å². The van der Waals surface area contributed by atoms with Gasteiger partial charge in [-0.05, 0) is 20.4 Å². The van der Waals surface area contributed by atoms with Gasteiger partial charge in [-0.1, -0.05) is 0 Å². The highest BCUT2D eigenvalue weighted by Crippen LogP contribution is 1.96. The fraction of sp³-hybridized carbons (Fsp3) is 0.857. The first-order chi connectivity index (χ1) is 5.37. The molecule has 0 fully saturated rings. The lowest BCUT2D eigenvalue weighted by Crippen LogP contribution is -2.34. The number of carbonyl (C=O) groups excluding carboxylic acids is 1. The van der Waals surface area contributed by atoms with Crippen LogP contribution in [0.3, 0.4) is 0 Å². The average molecular weight is 193 g/mol. The molecule has 0 aromatic heterocycles. The van der Waals surface area contributed by atoms with E-state index in [9.17, 15) is 13.2 Å². The van der Waals surface area contributed by atoms with Crippen LogP contribution in [0.5, 0.6) is 0 Å². The normalized spacial score (nSPS) is 14.2. The SMILES string of the molecule is CN[C@@H](CCS(C)(=O)=O)C(C)=O. The first-order valence-corrected chi connectivity index (χ1v) is 5.78. The number of likely N-dealkylation sites (N-methyl/N-ethyl adjacent to an activating group) is 1. The number of ketones is 1. The van der Waals surface area contributed by atoms with Gasteiger partial charge in [0.25, 0.3) is 0 Å². The molecule has 0 heterocycles. The molecule has 5 heteroatoms. The Labute approximate surface area is 73.3 Å². The molecule has 1 atom stereocenters. The van der Waals surface area contributed by atoms with Crippen molar-refractivity contribution in [2.24, 2.45) is 0 Å². The quantitative estimate of drug-likeness (QED) is 0.645. The van der Waals surface area contributed by atoms with Crippen LogP contribution in [0.2, 0.25) is 0 Å². The average Bonchev–Trinajstić information content (AvgIpc) is 1.85. The number of Topliss-reactive ketones (excluding diaryl/α,β-unsaturated/α-hetero) is 1. The predicted molar refractivity (Wildman–Crippen MR) is 47.9 cm³/mol. The van der Waals surface area contributed by atoms with Gasteiger partial charge in [0, 0.05) is 6.26 Å². The highest BCUT2D eigenvalue weighted by molar-refractivity contribution is 7.90. The summed E-state index contributed by atoms with van der Waals surface area (Å²) in [6.45, 7) is 1.45. The van der Waals surface area contributed by atoms with Crippen LogP contribution in [0.1, 0.15) is 13.3 Å². The molecule has 12 heavy (non-hydrogen) atoms. The highest BCUT2D eigenvalue weighted by Gasteiger charge is 2.13. The summed E-state index contributed by atoms with van der Waals surface area (Å²) in [4.78, 5) is 10.8. The van der Waals surface area contributed by atoms with Crippen molar-refractivity contribution in [3.63, 3.8) is 0 Å². The summed E-state index contributed by atoms with van der Waals surface area (Å²) in [6.07, 6.45) is 1.52. The number of sulfone groups is 1. The fourth-order valence-corrected chi connectivity index (χ4v) is 1.55. The van der Waals surface area contributed by atoms with Crippen LogP contribution in [-0.2, 0) is 14.6 Å². The summed E-state index contributed by atoms with van der Waals surface area (Å²) >= 11 is 0. The van der Waals surface area contributed by atoms with Crippen LogP contribution in [0.4, 0.5) is 0 Å². The van der Waals surface area contributed by atoms with Crippen molar-refractivity contribution in [1.82, 2.24) is 5.32 Å². The monoisotopic (exact) mass is 193 g/mol. The largest absolute Gasteiger partial charge is 0.311 e. The smallest absolute Gasteiger partial charge is 0.147 e. The van der Waals surface area contributed by atoms with Crippen molar-refractivity contribution >= 4 is 15.6 Å². The van der Waals surface area contributed by atoms with E-state index >= 15 is 0 Å². The lowest BCUT2D eigenvalue weighted by molar-refractivity contribution is -0.118. The Morgan fingerprint density at radius 3 is 2.25 bits per heavy atom. The maximum Gasteiger partial charge on any atom is 0.147 e. The third-order valence-corrected chi connectivity index (χ3v) is 2.59. The molecule has 0 aliphatic carbocycles. The molecule has 0 amide bonds. The molecule has 0 aliphatic rings. The number of hydrogen-bond donors (Lipinski definition) is 1. The molecule has 4 nitrogen and oxygen atoms in total. The van der Waals surface area contributed by atoms with Gasteiger partial charge in [-0.25, -0.2) is 8.42 Å². The van der Waals surface area contributed by atoms with E-state index < -0.39 is 9.84 Å². The molecule has 0 unspecified atom stereocenters. The molecule has 72 valence electrons. The van der Waals surface area contributed by atoms with Crippen molar-refractivity contribution in [3.05, 3.63) is 0 Å². The van der Waals surface area contributed by atoms with Gasteiger partial charge < -0.3 is 5.32 Å². The summed E-state index contributed by atoms with van der Waals surface area (Å²) in [5.41, 5.74) is 0. The van der Waals surface area contributed by atoms with Gasteiger partial charge in [-0.2, -0.15) is 0 Å². The first-order valence-electron chi connectivity index (χ1n) is 3.72. The van der Waals surface area contributed by atoms with Crippen LogP contribution in [0.25, 0.3) is 0 Å². The van der Waals surface area contributed by atoms with E-state index in [1.54, 1.807) is 7.05 Å². The maximum absolute atomic E-state index is 10.8. The van der Waals surface area contributed by atoms with Crippen molar-refractivity contribution < 1.29 is 13.2 Å². The minimum Gasteiger partial charge on any atom is -0.311 e. The summed E-state index contributed by atoms with van der Waals surface area (Å²) in [7, 11) is -1.31. The van der Waals surface area contributed by atoms with E-state index in [4.69, 9.17) is 0 Å². The summed E-state index contributed by atoms with van der Waals surface area (Å²) in [5, 5.41) is 2.76. The Morgan fingerprint density at radius 1 is 1.50 bits per heavy atom. The second-order valence-corrected chi connectivity index (χ2v) is 5.13. The molecule has 0 saturated heterocycles. The summed E-state index contributed by atoms with van der Waals surface area (Å²) < 4.78 is 21.5. The Kier molecular flexibility index (Phi) is 4.41. The molecule has 0 saturated carbocycles.